The molecule has 0 radical (unpaired) electrons. The third-order valence-corrected chi connectivity index (χ3v) is 4.32. The number of carbonyl (C=O) groups is 1. The van der Waals surface area contributed by atoms with Crippen LogP contribution in [0.5, 0.6) is 0 Å². The zero-order valence-electron chi connectivity index (χ0n) is 12.6. The molecule has 0 amide bonds. The molecule has 4 N–H and O–H groups in total. The van der Waals surface area contributed by atoms with Crippen molar-refractivity contribution in [3.63, 3.8) is 0 Å². The van der Waals surface area contributed by atoms with Gasteiger partial charge in [0.25, 0.3) is 0 Å². The van der Waals surface area contributed by atoms with Crippen molar-refractivity contribution in [2.45, 2.75) is 51.2 Å². The highest BCUT2D eigenvalue weighted by Crippen LogP contribution is 2.29. The molecule has 2 aromatic rings. The Labute approximate surface area is 128 Å². The molecule has 2 heterocycles. The van der Waals surface area contributed by atoms with E-state index in [9.17, 15) is 9.90 Å². The molecule has 1 aliphatic rings. The van der Waals surface area contributed by atoms with Gasteiger partial charge in [-0.2, -0.15) is 5.10 Å². The van der Waals surface area contributed by atoms with Crippen LogP contribution in [-0.2, 0) is 6.54 Å². The molecule has 0 aliphatic heterocycles. The Balaban J connectivity index is 1.99. The molecule has 7 heteroatoms. The van der Waals surface area contributed by atoms with Crippen LogP contribution in [0.15, 0.2) is 12.4 Å². The third kappa shape index (κ3) is 2.64. The molecule has 0 saturated heterocycles. The largest absolute Gasteiger partial charge is 0.478 e. The first-order valence-corrected chi connectivity index (χ1v) is 7.70. The highest BCUT2D eigenvalue weighted by atomic mass is 16.4. The Hall–Kier alpha value is -2.15. The molecule has 1 saturated carbocycles. The number of nitrogens with two attached hydrogens (primary N) is 1. The lowest BCUT2D eigenvalue weighted by atomic mass is 9.91. The molecule has 7 nitrogen and oxygen atoms in total. The van der Waals surface area contributed by atoms with Crippen LogP contribution >= 0.6 is 0 Å². The normalized spacial score (nSPS) is 21.9. The maximum absolute atomic E-state index is 11.5. The zero-order valence-corrected chi connectivity index (χ0v) is 12.6. The van der Waals surface area contributed by atoms with E-state index in [1.807, 2.05) is 6.92 Å². The highest BCUT2D eigenvalue weighted by Gasteiger charge is 2.23. The number of fused-ring (bicyclic) bond motifs is 1. The summed E-state index contributed by atoms with van der Waals surface area (Å²) in [5, 5.41) is 17.9. The van der Waals surface area contributed by atoms with Gasteiger partial charge in [0.2, 0.25) is 0 Å². The first kappa shape index (κ1) is 14.8. The summed E-state index contributed by atoms with van der Waals surface area (Å²) in [6.07, 6.45) is 6.92. The van der Waals surface area contributed by atoms with Gasteiger partial charge in [0.1, 0.15) is 5.56 Å². The minimum Gasteiger partial charge on any atom is -0.478 e. The number of rotatable bonds is 4. The fraction of sp³-hybridized carbons (Fsp3) is 0.533. The molecule has 118 valence electrons. The molecular formula is C15H21N5O2. The Morgan fingerprint density at radius 1 is 1.41 bits per heavy atom. The van der Waals surface area contributed by atoms with Gasteiger partial charge >= 0.3 is 5.97 Å². The average molecular weight is 303 g/mol. The lowest BCUT2D eigenvalue weighted by Gasteiger charge is -2.28. The number of aromatic carboxylic acids is 1. The van der Waals surface area contributed by atoms with Crippen molar-refractivity contribution in [3.05, 3.63) is 18.0 Å². The van der Waals surface area contributed by atoms with Crippen molar-refractivity contribution in [3.8, 4) is 0 Å². The Morgan fingerprint density at radius 2 is 2.14 bits per heavy atom. The monoisotopic (exact) mass is 303 g/mol. The van der Waals surface area contributed by atoms with Crippen molar-refractivity contribution in [1.29, 1.82) is 0 Å². The van der Waals surface area contributed by atoms with Crippen molar-refractivity contribution < 1.29 is 9.90 Å². The number of hydrogen-bond donors (Lipinski definition) is 3. The third-order valence-electron chi connectivity index (χ3n) is 4.32. The lowest BCUT2D eigenvalue weighted by Crippen LogP contribution is -2.33. The van der Waals surface area contributed by atoms with Gasteiger partial charge < -0.3 is 16.2 Å². The maximum atomic E-state index is 11.5. The number of nitrogens with zero attached hydrogens (tertiary/aromatic N) is 3. The van der Waals surface area contributed by atoms with E-state index in [1.54, 1.807) is 10.9 Å². The zero-order chi connectivity index (χ0) is 15.7. The number of aromatic nitrogens is 3. The topological polar surface area (TPSA) is 106 Å². The summed E-state index contributed by atoms with van der Waals surface area (Å²) in [6, 6.07) is 0.505. The molecule has 1 aliphatic carbocycles. The van der Waals surface area contributed by atoms with Crippen molar-refractivity contribution in [1.82, 2.24) is 14.8 Å². The maximum Gasteiger partial charge on any atom is 0.339 e. The van der Waals surface area contributed by atoms with E-state index in [2.05, 4.69) is 15.4 Å². The van der Waals surface area contributed by atoms with Gasteiger partial charge in [0.15, 0.2) is 5.65 Å². The second kappa shape index (κ2) is 5.92. The van der Waals surface area contributed by atoms with Crippen LogP contribution in [0, 0.1) is 0 Å². The standard InChI is InChI=1S/C15H21N5O2/c1-2-20-14-11(8-18-20)13(12(7-17-14)15(21)22)19-10-5-3-9(16)4-6-10/h7-10H,2-6,16H2,1H3,(H,17,19)(H,21,22). The quantitative estimate of drug-likeness (QED) is 0.795. The minimum atomic E-state index is -0.978. The molecule has 22 heavy (non-hydrogen) atoms. The summed E-state index contributed by atoms with van der Waals surface area (Å²) in [6.45, 7) is 2.68. The van der Waals surface area contributed by atoms with Gasteiger partial charge in [-0.1, -0.05) is 0 Å². The summed E-state index contributed by atoms with van der Waals surface area (Å²) >= 11 is 0. The van der Waals surface area contributed by atoms with Crippen LogP contribution in [0.3, 0.4) is 0 Å². The number of nitrogens with one attached hydrogen (secondary N) is 1. The number of aryl methyl sites for hydroxylation is 1. The van der Waals surface area contributed by atoms with E-state index in [0.29, 0.717) is 17.9 Å². The van der Waals surface area contributed by atoms with Gasteiger partial charge in [-0.25, -0.2) is 14.5 Å². The number of anilines is 1. The Bertz CT molecular complexity index is 689. The first-order valence-electron chi connectivity index (χ1n) is 7.70. The molecule has 0 aromatic carbocycles. The van der Waals surface area contributed by atoms with Gasteiger partial charge in [-0.3, -0.25) is 0 Å². The van der Waals surface area contributed by atoms with E-state index < -0.39 is 5.97 Å². The summed E-state index contributed by atoms with van der Waals surface area (Å²) < 4.78 is 1.77. The summed E-state index contributed by atoms with van der Waals surface area (Å²) in [7, 11) is 0. The van der Waals surface area contributed by atoms with Crippen LogP contribution in [-0.4, -0.2) is 37.9 Å². The van der Waals surface area contributed by atoms with Crippen molar-refractivity contribution >= 4 is 22.7 Å². The van der Waals surface area contributed by atoms with Crippen LogP contribution in [0.1, 0.15) is 43.0 Å². The lowest BCUT2D eigenvalue weighted by molar-refractivity contribution is 0.0697. The SMILES string of the molecule is CCn1ncc2c(NC3CCC(N)CC3)c(C(=O)O)cnc21. The molecule has 2 aromatic heterocycles. The first-order chi connectivity index (χ1) is 10.6. The molecule has 1 fully saturated rings. The van der Waals surface area contributed by atoms with Gasteiger partial charge in [0.05, 0.1) is 17.3 Å². The van der Waals surface area contributed by atoms with Crippen LogP contribution < -0.4 is 11.1 Å². The second-order valence-electron chi connectivity index (χ2n) is 5.81. The predicted octanol–water partition coefficient (Wildman–Crippen LogP) is 1.83. The van der Waals surface area contributed by atoms with Gasteiger partial charge in [-0.15, -0.1) is 0 Å². The number of carboxylic acids is 1. The van der Waals surface area contributed by atoms with Crippen molar-refractivity contribution in [2.75, 3.05) is 5.32 Å². The number of pyridine rings is 1. The fourth-order valence-corrected chi connectivity index (χ4v) is 3.04. The van der Waals surface area contributed by atoms with E-state index in [4.69, 9.17) is 5.73 Å². The van der Waals surface area contributed by atoms with Gasteiger partial charge in [-0.05, 0) is 32.6 Å². The molecular weight excluding hydrogens is 282 g/mol. The summed E-state index contributed by atoms with van der Waals surface area (Å²) in [5.41, 5.74) is 7.46. The summed E-state index contributed by atoms with van der Waals surface area (Å²) in [4.78, 5) is 15.8. The average Bonchev–Trinajstić information content (AvgIpc) is 2.93. The van der Waals surface area contributed by atoms with Crippen LogP contribution in [0.4, 0.5) is 5.69 Å². The second-order valence-corrected chi connectivity index (χ2v) is 5.81. The van der Waals surface area contributed by atoms with Crippen molar-refractivity contribution in [2.24, 2.45) is 5.73 Å². The van der Waals surface area contributed by atoms with E-state index >= 15 is 0 Å². The Kier molecular flexibility index (Phi) is 3.98. The number of hydrogen-bond acceptors (Lipinski definition) is 5. The van der Waals surface area contributed by atoms with Crippen LogP contribution in [0.2, 0.25) is 0 Å². The van der Waals surface area contributed by atoms with E-state index in [-0.39, 0.29) is 17.6 Å². The minimum absolute atomic E-state index is 0.193. The molecule has 3 rings (SSSR count). The molecule has 0 unspecified atom stereocenters. The molecule has 0 bridgehead atoms. The highest BCUT2D eigenvalue weighted by molar-refractivity contribution is 6.03. The number of carboxylic acid groups (broad SMARTS) is 1. The van der Waals surface area contributed by atoms with Crippen LogP contribution in [0.25, 0.3) is 11.0 Å². The van der Waals surface area contributed by atoms with Gasteiger partial charge in [0, 0.05) is 24.8 Å². The fourth-order valence-electron chi connectivity index (χ4n) is 3.04. The molecule has 0 atom stereocenters. The summed E-state index contributed by atoms with van der Waals surface area (Å²) in [5.74, 6) is -0.978. The smallest absolute Gasteiger partial charge is 0.339 e. The molecule has 0 spiro atoms. The van der Waals surface area contributed by atoms with E-state index in [1.165, 1.54) is 6.20 Å². The predicted molar refractivity (Wildman–Crippen MR) is 84.0 cm³/mol. The Morgan fingerprint density at radius 3 is 2.77 bits per heavy atom. The van der Waals surface area contributed by atoms with E-state index in [0.717, 1.165) is 31.1 Å².